The largest absolute Gasteiger partial charge is 0.394 e. The average Bonchev–Trinajstić information content (AvgIpc) is 2.87. The number of primary amides is 1. The first-order valence-electron chi connectivity index (χ1n) is 5.96. The van der Waals surface area contributed by atoms with Gasteiger partial charge in [-0.3, -0.25) is 4.79 Å². The molecule has 1 aliphatic heterocycles. The van der Waals surface area contributed by atoms with E-state index in [0.717, 1.165) is 17.7 Å². The van der Waals surface area contributed by atoms with E-state index in [2.05, 4.69) is 5.32 Å². The smallest absolute Gasteiger partial charge is 0.249 e. The van der Waals surface area contributed by atoms with Gasteiger partial charge in [-0.25, -0.2) is 0 Å². The highest BCUT2D eigenvalue weighted by molar-refractivity contribution is 7.10. The van der Waals surface area contributed by atoms with Gasteiger partial charge < -0.3 is 20.9 Å². The SMILES string of the molecule is NC(=O)c1csc(CNC2(CO)CCOCC2)c1. The minimum absolute atomic E-state index is 0.102. The van der Waals surface area contributed by atoms with Gasteiger partial charge in [-0.2, -0.15) is 0 Å². The number of aliphatic hydroxyl groups is 1. The molecule has 1 saturated heterocycles. The Hall–Kier alpha value is -0.950. The highest BCUT2D eigenvalue weighted by Crippen LogP contribution is 2.22. The van der Waals surface area contributed by atoms with Crippen LogP contribution in [-0.4, -0.2) is 36.4 Å². The average molecular weight is 270 g/mol. The predicted molar refractivity (Wildman–Crippen MR) is 69.5 cm³/mol. The summed E-state index contributed by atoms with van der Waals surface area (Å²) >= 11 is 1.50. The van der Waals surface area contributed by atoms with Crippen molar-refractivity contribution in [3.05, 3.63) is 21.9 Å². The molecular weight excluding hydrogens is 252 g/mol. The Bertz CT molecular complexity index is 413. The Morgan fingerprint density at radius 2 is 2.28 bits per heavy atom. The quantitative estimate of drug-likeness (QED) is 0.726. The summed E-state index contributed by atoms with van der Waals surface area (Å²) in [6.45, 7) is 2.08. The van der Waals surface area contributed by atoms with E-state index in [1.54, 1.807) is 11.4 Å². The molecule has 0 radical (unpaired) electrons. The first-order chi connectivity index (χ1) is 8.65. The second-order valence-corrected chi connectivity index (χ2v) is 5.57. The van der Waals surface area contributed by atoms with Gasteiger partial charge in [-0.05, 0) is 18.9 Å². The van der Waals surface area contributed by atoms with Crippen molar-refractivity contribution in [2.24, 2.45) is 5.73 Å². The lowest BCUT2D eigenvalue weighted by molar-refractivity contribution is 0.0113. The molecule has 0 aromatic carbocycles. The lowest BCUT2D eigenvalue weighted by Crippen LogP contribution is -2.51. The second kappa shape index (κ2) is 5.79. The van der Waals surface area contributed by atoms with Crippen LogP contribution in [0, 0.1) is 0 Å². The third-order valence-electron chi connectivity index (χ3n) is 3.33. The molecule has 0 saturated carbocycles. The van der Waals surface area contributed by atoms with Crippen molar-refractivity contribution < 1.29 is 14.6 Å². The number of carbonyl (C=O) groups excluding carboxylic acids is 1. The van der Waals surface area contributed by atoms with Gasteiger partial charge in [0.2, 0.25) is 5.91 Å². The van der Waals surface area contributed by atoms with Crippen LogP contribution in [0.15, 0.2) is 11.4 Å². The van der Waals surface area contributed by atoms with E-state index >= 15 is 0 Å². The van der Waals surface area contributed by atoms with Crippen molar-refractivity contribution in [1.29, 1.82) is 0 Å². The highest BCUT2D eigenvalue weighted by Gasteiger charge is 2.31. The number of carbonyl (C=O) groups is 1. The molecule has 2 rings (SSSR count). The van der Waals surface area contributed by atoms with Gasteiger partial charge in [0.1, 0.15) is 0 Å². The Morgan fingerprint density at radius 1 is 1.56 bits per heavy atom. The van der Waals surface area contributed by atoms with Crippen molar-refractivity contribution in [3.63, 3.8) is 0 Å². The lowest BCUT2D eigenvalue weighted by atomic mass is 9.91. The fourth-order valence-electron chi connectivity index (χ4n) is 2.03. The van der Waals surface area contributed by atoms with Gasteiger partial charge in [0, 0.05) is 35.6 Å². The van der Waals surface area contributed by atoms with E-state index in [1.807, 2.05) is 0 Å². The van der Waals surface area contributed by atoms with Gasteiger partial charge in [-0.1, -0.05) is 0 Å². The van der Waals surface area contributed by atoms with E-state index in [1.165, 1.54) is 11.3 Å². The molecule has 1 aromatic heterocycles. The predicted octanol–water partition coefficient (Wildman–Crippen LogP) is 0.478. The second-order valence-electron chi connectivity index (χ2n) is 4.57. The molecule has 1 fully saturated rings. The maximum absolute atomic E-state index is 11.0. The van der Waals surface area contributed by atoms with Crippen LogP contribution in [0.25, 0.3) is 0 Å². The zero-order chi connectivity index (χ0) is 13.0. The van der Waals surface area contributed by atoms with Gasteiger partial charge in [0.25, 0.3) is 0 Å². The normalized spacial score (nSPS) is 18.7. The van der Waals surface area contributed by atoms with Crippen molar-refractivity contribution in [2.45, 2.75) is 24.9 Å². The van der Waals surface area contributed by atoms with E-state index in [4.69, 9.17) is 10.5 Å². The molecule has 6 heteroatoms. The molecule has 18 heavy (non-hydrogen) atoms. The van der Waals surface area contributed by atoms with Crippen LogP contribution < -0.4 is 11.1 Å². The fraction of sp³-hybridized carbons (Fsp3) is 0.583. The number of thiophene rings is 1. The van der Waals surface area contributed by atoms with E-state index in [0.29, 0.717) is 25.3 Å². The summed E-state index contributed by atoms with van der Waals surface area (Å²) in [5.41, 5.74) is 5.50. The summed E-state index contributed by atoms with van der Waals surface area (Å²) in [6, 6.07) is 1.80. The lowest BCUT2D eigenvalue weighted by Gasteiger charge is -2.36. The summed E-state index contributed by atoms with van der Waals surface area (Å²) in [5, 5.41) is 14.7. The first-order valence-corrected chi connectivity index (χ1v) is 6.84. The standard InChI is InChI=1S/C12H18N2O3S/c13-11(16)9-5-10(18-7-9)6-14-12(8-15)1-3-17-4-2-12/h5,7,14-15H,1-4,6,8H2,(H2,13,16). The summed E-state index contributed by atoms with van der Waals surface area (Å²) in [4.78, 5) is 12.0. The molecule has 0 aliphatic carbocycles. The van der Waals surface area contributed by atoms with Crippen molar-refractivity contribution in [3.8, 4) is 0 Å². The maximum Gasteiger partial charge on any atom is 0.249 e. The number of amides is 1. The molecule has 0 atom stereocenters. The topological polar surface area (TPSA) is 84.6 Å². The number of nitrogens with two attached hydrogens (primary N) is 1. The fourth-order valence-corrected chi connectivity index (χ4v) is 2.84. The number of aliphatic hydroxyl groups excluding tert-OH is 1. The van der Waals surface area contributed by atoms with Crippen molar-refractivity contribution >= 4 is 17.2 Å². The Labute approximate surface area is 110 Å². The number of hydrogen-bond acceptors (Lipinski definition) is 5. The summed E-state index contributed by atoms with van der Waals surface area (Å²) < 4.78 is 5.30. The molecular formula is C12H18N2O3S. The molecule has 0 spiro atoms. The Kier molecular flexibility index (Phi) is 4.34. The summed E-state index contributed by atoms with van der Waals surface area (Å²) in [6.07, 6.45) is 1.61. The summed E-state index contributed by atoms with van der Waals surface area (Å²) in [5.74, 6) is -0.402. The molecule has 2 heterocycles. The highest BCUT2D eigenvalue weighted by atomic mass is 32.1. The minimum atomic E-state index is -0.402. The zero-order valence-corrected chi connectivity index (χ0v) is 11.0. The molecule has 5 nitrogen and oxygen atoms in total. The number of rotatable bonds is 5. The van der Waals surface area contributed by atoms with Crippen LogP contribution >= 0.6 is 11.3 Å². The molecule has 4 N–H and O–H groups in total. The van der Waals surface area contributed by atoms with Gasteiger partial charge in [-0.15, -0.1) is 11.3 Å². The van der Waals surface area contributed by atoms with Crippen LogP contribution in [0.5, 0.6) is 0 Å². The molecule has 1 aliphatic rings. The summed E-state index contributed by atoms with van der Waals surface area (Å²) in [7, 11) is 0. The third kappa shape index (κ3) is 3.08. The van der Waals surface area contributed by atoms with Crippen molar-refractivity contribution in [2.75, 3.05) is 19.8 Å². The van der Waals surface area contributed by atoms with Crippen LogP contribution in [0.3, 0.4) is 0 Å². The van der Waals surface area contributed by atoms with E-state index in [9.17, 15) is 9.90 Å². The zero-order valence-electron chi connectivity index (χ0n) is 10.1. The maximum atomic E-state index is 11.0. The Morgan fingerprint density at radius 3 is 2.83 bits per heavy atom. The molecule has 0 unspecified atom stereocenters. The number of hydrogen-bond donors (Lipinski definition) is 3. The van der Waals surface area contributed by atoms with Gasteiger partial charge in [0.15, 0.2) is 0 Å². The molecule has 100 valence electrons. The monoisotopic (exact) mass is 270 g/mol. The molecule has 0 bridgehead atoms. The Balaban J connectivity index is 1.94. The molecule has 1 amide bonds. The van der Waals surface area contributed by atoms with E-state index < -0.39 is 5.91 Å². The number of ether oxygens (including phenoxy) is 1. The number of nitrogens with one attached hydrogen (secondary N) is 1. The van der Waals surface area contributed by atoms with Crippen LogP contribution in [0.1, 0.15) is 28.1 Å². The van der Waals surface area contributed by atoms with Crippen LogP contribution in [0.2, 0.25) is 0 Å². The third-order valence-corrected chi connectivity index (χ3v) is 4.27. The molecule has 1 aromatic rings. The van der Waals surface area contributed by atoms with Crippen LogP contribution in [-0.2, 0) is 11.3 Å². The van der Waals surface area contributed by atoms with Crippen LogP contribution in [0.4, 0.5) is 0 Å². The minimum Gasteiger partial charge on any atom is -0.394 e. The van der Waals surface area contributed by atoms with Crippen molar-refractivity contribution in [1.82, 2.24) is 5.32 Å². The first kappa shape index (κ1) is 13.5. The van der Waals surface area contributed by atoms with Gasteiger partial charge in [0.05, 0.1) is 12.2 Å². The van der Waals surface area contributed by atoms with E-state index in [-0.39, 0.29) is 12.1 Å². The van der Waals surface area contributed by atoms with Gasteiger partial charge >= 0.3 is 0 Å².